The van der Waals surface area contributed by atoms with Crippen molar-refractivity contribution in [1.82, 2.24) is 14.5 Å². The number of aromatic nitrogens is 2. The Kier molecular flexibility index (Phi) is 3.92. The molecule has 1 atom stereocenters. The van der Waals surface area contributed by atoms with Gasteiger partial charge in [0.2, 0.25) is 0 Å². The van der Waals surface area contributed by atoms with Crippen LogP contribution in [0, 0.1) is 0 Å². The summed E-state index contributed by atoms with van der Waals surface area (Å²) in [5.41, 5.74) is 3.73. The van der Waals surface area contributed by atoms with Gasteiger partial charge in [-0.3, -0.25) is 9.69 Å². The number of benzene rings is 1. The molecule has 120 valence electrons. The first kappa shape index (κ1) is 16.7. The molecule has 0 aliphatic carbocycles. The van der Waals surface area contributed by atoms with Crippen LogP contribution in [-0.2, 0) is 16.1 Å². The zero-order valence-corrected chi connectivity index (χ0v) is 13.2. The SMILES string of the molecule is O=C(O)C1=CSC2C(=Cc3cn4c(n3)-c3ccccc3C4)C(=O)N12.[NaH]. The van der Waals surface area contributed by atoms with Crippen LogP contribution in [0.15, 0.2) is 47.1 Å². The molecular formula is C17H12N3NaO3S. The van der Waals surface area contributed by atoms with Gasteiger partial charge in [0.1, 0.15) is 16.9 Å². The van der Waals surface area contributed by atoms with E-state index in [1.165, 1.54) is 27.6 Å². The maximum atomic E-state index is 12.2. The van der Waals surface area contributed by atoms with Crippen molar-refractivity contribution >= 4 is 59.3 Å². The van der Waals surface area contributed by atoms with Crippen molar-refractivity contribution in [3.8, 4) is 11.4 Å². The third-order valence-corrected chi connectivity index (χ3v) is 5.53. The molecule has 0 bridgehead atoms. The van der Waals surface area contributed by atoms with Crippen LogP contribution in [0.25, 0.3) is 17.5 Å². The van der Waals surface area contributed by atoms with Gasteiger partial charge >= 0.3 is 35.5 Å². The van der Waals surface area contributed by atoms with Gasteiger partial charge in [0.25, 0.3) is 5.91 Å². The average Bonchev–Trinajstić information content (AvgIpc) is 3.22. The van der Waals surface area contributed by atoms with E-state index in [1.54, 1.807) is 6.08 Å². The van der Waals surface area contributed by atoms with Gasteiger partial charge in [-0.1, -0.05) is 24.3 Å². The molecule has 1 aromatic carbocycles. The second kappa shape index (κ2) is 5.88. The molecule has 1 amide bonds. The van der Waals surface area contributed by atoms with E-state index >= 15 is 0 Å². The molecule has 0 spiro atoms. The van der Waals surface area contributed by atoms with Gasteiger partial charge in [-0.25, -0.2) is 9.78 Å². The zero-order chi connectivity index (χ0) is 16.4. The van der Waals surface area contributed by atoms with Gasteiger partial charge in [-0.15, -0.1) is 11.8 Å². The summed E-state index contributed by atoms with van der Waals surface area (Å²) < 4.78 is 2.07. The molecule has 5 rings (SSSR count). The van der Waals surface area contributed by atoms with Gasteiger partial charge in [0.05, 0.1) is 11.3 Å². The Hall–Kier alpha value is -1.80. The summed E-state index contributed by atoms with van der Waals surface area (Å²) in [6.45, 7) is 0.782. The number of imidazole rings is 1. The predicted octanol–water partition coefficient (Wildman–Crippen LogP) is 1.49. The number of aliphatic carboxylic acids is 1. The van der Waals surface area contributed by atoms with Gasteiger partial charge < -0.3 is 9.67 Å². The Bertz CT molecular complexity index is 995. The number of hydrogen-bond donors (Lipinski definition) is 1. The Morgan fingerprint density at radius 1 is 1.36 bits per heavy atom. The van der Waals surface area contributed by atoms with Crippen LogP contribution < -0.4 is 0 Å². The van der Waals surface area contributed by atoms with Crippen molar-refractivity contribution in [1.29, 1.82) is 0 Å². The quantitative estimate of drug-likeness (QED) is 0.425. The van der Waals surface area contributed by atoms with Gasteiger partial charge in [-0.05, 0) is 11.6 Å². The number of carboxylic acids is 1. The van der Waals surface area contributed by atoms with Gasteiger partial charge in [0.15, 0.2) is 0 Å². The molecule has 25 heavy (non-hydrogen) atoms. The number of thioether (sulfide) groups is 1. The molecule has 8 heteroatoms. The average molecular weight is 361 g/mol. The van der Waals surface area contributed by atoms with E-state index in [0.717, 1.165) is 23.6 Å². The Balaban J connectivity index is 0.00000157. The van der Waals surface area contributed by atoms with Crippen molar-refractivity contribution in [2.75, 3.05) is 0 Å². The number of β-lactam (4-membered cyclic amide) rings is 1. The van der Waals surface area contributed by atoms with Crippen LogP contribution in [0.5, 0.6) is 0 Å². The number of fused-ring (bicyclic) bond motifs is 4. The first-order valence-electron chi connectivity index (χ1n) is 7.43. The Morgan fingerprint density at radius 3 is 2.96 bits per heavy atom. The molecule has 1 unspecified atom stereocenters. The topological polar surface area (TPSA) is 75.4 Å². The molecular weight excluding hydrogens is 349 g/mol. The molecule has 0 saturated carbocycles. The summed E-state index contributed by atoms with van der Waals surface area (Å²) in [6.07, 6.45) is 3.70. The first-order chi connectivity index (χ1) is 11.6. The van der Waals surface area contributed by atoms with E-state index in [4.69, 9.17) is 5.11 Å². The molecule has 1 N–H and O–H groups in total. The van der Waals surface area contributed by atoms with Crippen molar-refractivity contribution in [3.05, 3.63) is 58.4 Å². The maximum absolute atomic E-state index is 12.2. The Morgan fingerprint density at radius 2 is 2.16 bits per heavy atom. The molecule has 2 aromatic rings. The predicted molar refractivity (Wildman–Crippen MR) is 95.8 cm³/mol. The number of rotatable bonds is 2. The molecule has 1 fully saturated rings. The van der Waals surface area contributed by atoms with Crippen LogP contribution in [-0.4, -0.2) is 66.4 Å². The van der Waals surface area contributed by atoms with Crippen molar-refractivity contribution in [2.24, 2.45) is 0 Å². The molecule has 1 aromatic heterocycles. The zero-order valence-electron chi connectivity index (χ0n) is 12.3. The van der Waals surface area contributed by atoms with Gasteiger partial charge in [0, 0.05) is 23.7 Å². The van der Waals surface area contributed by atoms with E-state index in [9.17, 15) is 9.59 Å². The van der Waals surface area contributed by atoms with E-state index < -0.39 is 5.97 Å². The van der Waals surface area contributed by atoms with Crippen LogP contribution in [0.2, 0.25) is 0 Å². The Labute approximate surface area is 169 Å². The summed E-state index contributed by atoms with van der Waals surface area (Å²) in [7, 11) is 0. The number of carbonyl (C=O) groups is 2. The number of carboxylic acid groups (broad SMARTS) is 1. The van der Waals surface area contributed by atoms with E-state index in [-0.39, 0.29) is 46.5 Å². The number of amides is 1. The molecule has 0 radical (unpaired) electrons. The fourth-order valence-electron chi connectivity index (χ4n) is 3.33. The summed E-state index contributed by atoms with van der Waals surface area (Å²) in [5.74, 6) is -0.424. The van der Waals surface area contributed by atoms with Crippen LogP contribution >= 0.6 is 11.8 Å². The minimum atomic E-state index is -1.07. The van der Waals surface area contributed by atoms with Crippen LogP contribution in [0.3, 0.4) is 0 Å². The summed E-state index contributed by atoms with van der Waals surface area (Å²) in [6, 6.07) is 8.14. The summed E-state index contributed by atoms with van der Waals surface area (Å²) >= 11 is 1.34. The van der Waals surface area contributed by atoms with Gasteiger partial charge in [-0.2, -0.15) is 0 Å². The molecule has 6 nitrogen and oxygen atoms in total. The second-order valence-corrected chi connectivity index (χ2v) is 6.80. The minimum absolute atomic E-state index is 0. The van der Waals surface area contributed by atoms with Crippen molar-refractivity contribution in [3.63, 3.8) is 0 Å². The van der Waals surface area contributed by atoms with Crippen molar-refractivity contribution < 1.29 is 14.7 Å². The first-order valence-corrected chi connectivity index (χ1v) is 8.37. The molecule has 1 saturated heterocycles. The summed E-state index contributed by atoms with van der Waals surface area (Å²) in [4.78, 5) is 29.3. The third-order valence-electron chi connectivity index (χ3n) is 4.45. The van der Waals surface area contributed by atoms with Crippen molar-refractivity contribution in [2.45, 2.75) is 11.9 Å². The number of hydrogen-bond acceptors (Lipinski definition) is 4. The number of carbonyl (C=O) groups excluding carboxylic acids is 1. The normalized spacial score (nSPS) is 21.2. The van der Waals surface area contributed by atoms with Crippen LogP contribution in [0.4, 0.5) is 0 Å². The number of nitrogens with zero attached hydrogens (tertiary/aromatic N) is 3. The second-order valence-electron chi connectivity index (χ2n) is 5.85. The van der Waals surface area contributed by atoms with E-state index in [0.29, 0.717) is 5.57 Å². The van der Waals surface area contributed by atoms with E-state index in [2.05, 4.69) is 15.6 Å². The molecule has 4 heterocycles. The molecule has 3 aliphatic heterocycles. The summed E-state index contributed by atoms with van der Waals surface area (Å²) in [5, 5.41) is 10.4. The third kappa shape index (κ3) is 2.34. The molecule has 3 aliphatic rings. The fourth-order valence-corrected chi connectivity index (χ4v) is 4.45. The van der Waals surface area contributed by atoms with E-state index in [1.807, 2.05) is 24.4 Å². The fraction of sp³-hybridized carbons (Fsp3) is 0.118. The monoisotopic (exact) mass is 361 g/mol. The van der Waals surface area contributed by atoms with Crippen LogP contribution in [0.1, 0.15) is 11.3 Å². The standard InChI is InChI=1S/C17H11N3O3S.Na.H/c21-15-12(16-20(15)13(8-24-16)17(22)23)5-10-7-19-6-9-3-1-2-4-11(9)14(19)18-10;;/h1-5,7-8,16H,6H2,(H,22,23);;.